The van der Waals surface area contributed by atoms with Gasteiger partial charge in [-0.15, -0.1) is 0 Å². The van der Waals surface area contributed by atoms with Crippen molar-refractivity contribution in [1.82, 2.24) is 4.72 Å². The van der Waals surface area contributed by atoms with E-state index in [1.54, 1.807) is 19.1 Å². The molecule has 1 atom stereocenters. The summed E-state index contributed by atoms with van der Waals surface area (Å²) in [4.78, 5) is 11.2. The molecule has 0 radical (unpaired) electrons. The van der Waals surface area contributed by atoms with Crippen LogP contribution in [-0.4, -0.2) is 19.7 Å². The van der Waals surface area contributed by atoms with E-state index in [1.165, 1.54) is 6.07 Å². The summed E-state index contributed by atoms with van der Waals surface area (Å²) >= 11 is 5.33. The summed E-state index contributed by atoms with van der Waals surface area (Å²) in [5, 5.41) is -0.704. The summed E-state index contributed by atoms with van der Waals surface area (Å²) in [5.41, 5.74) is 1.89. The van der Waals surface area contributed by atoms with Crippen molar-refractivity contribution in [2.75, 3.05) is 0 Å². The van der Waals surface area contributed by atoms with E-state index in [9.17, 15) is 13.2 Å². The molecule has 1 N–H and O–H groups in total. The van der Waals surface area contributed by atoms with Crippen LogP contribution in [0, 0.1) is 13.8 Å². The summed E-state index contributed by atoms with van der Waals surface area (Å²) in [6.45, 7) is 5.42. The second-order valence-electron chi connectivity index (χ2n) is 4.13. The van der Waals surface area contributed by atoms with Crippen molar-refractivity contribution in [3.63, 3.8) is 0 Å². The monoisotopic (exact) mass is 289 g/mol. The highest BCUT2D eigenvalue weighted by Crippen LogP contribution is 2.15. The number of sulfonamides is 1. The van der Waals surface area contributed by atoms with Gasteiger partial charge < -0.3 is 0 Å². The van der Waals surface area contributed by atoms with Gasteiger partial charge in [0.05, 0.1) is 10.9 Å². The molecule has 0 spiro atoms. The lowest BCUT2D eigenvalue weighted by Crippen LogP contribution is -2.38. The molecule has 100 valence electrons. The maximum absolute atomic E-state index is 12.0. The molecule has 0 saturated heterocycles. The lowest BCUT2D eigenvalue weighted by molar-refractivity contribution is -0.113. The summed E-state index contributed by atoms with van der Waals surface area (Å²) in [5.74, 6) is 0. The summed E-state index contributed by atoms with van der Waals surface area (Å²) in [6, 6.07) is 3.92. The maximum Gasteiger partial charge on any atom is 0.241 e. The van der Waals surface area contributed by atoms with Gasteiger partial charge in [-0.05, 0) is 55.1 Å². The molecule has 0 fully saturated rings. The minimum absolute atomic E-state index is 0.141. The molecule has 18 heavy (non-hydrogen) atoms. The first-order valence-electron chi connectivity index (χ1n) is 5.57. The molecule has 0 amide bonds. The molecule has 0 aliphatic heterocycles. The van der Waals surface area contributed by atoms with E-state index in [1.807, 2.05) is 13.8 Å². The SMILES string of the molecule is CCC(NS(=O)(=O)c1ccc(C)c(C)c1)C(=O)Cl. The van der Waals surface area contributed by atoms with Crippen LogP contribution in [0.2, 0.25) is 0 Å². The molecule has 4 nitrogen and oxygen atoms in total. The number of rotatable bonds is 5. The summed E-state index contributed by atoms with van der Waals surface area (Å²) in [6.07, 6.45) is 0.312. The summed E-state index contributed by atoms with van der Waals surface area (Å²) < 4.78 is 26.4. The van der Waals surface area contributed by atoms with Crippen LogP contribution in [0.3, 0.4) is 0 Å². The molecule has 1 rings (SSSR count). The van der Waals surface area contributed by atoms with E-state index in [0.29, 0.717) is 6.42 Å². The van der Waals surface area contributed by atoms with Crippen LogP contribution in [0.15, 0.2) is 23.1 Å². The Bertz CT molecular complexity index is 554. The smallest absolute Gasteiger partial charge is 0.241 e. The minimum atomic E-state index is -3.71. The van der Waals surface area contributed by atoms with Crippen molar-refractivity contribution >= 4 is 26.9 Å². The quantitative estimate of drug-likeness (QED) is 0.845. The van der Waals surface area contributed by atoms with Crippen LogP contribution >= 0.6 is 11.6 Å². The highest BCUT2D eigenvalue weighted by molar-refractivity contribution is 7.89. The third-order valence-electron chi connectivity index (χ3n) is 2.77. The second-order valence-corrected chi connectivity index (χ2v) is 6.22. The van der Waals surface area contributed by atoms with Gasteiger partial charge in [-0.2, -0.15) is 4.72 Å². The van der Waals surface area contributed by atoms with Gasteiger partial charge in [0.15, 0.2) is 0 Å². The maximum atomic E-state index is 12.0. The lowest BCUT2D eigenvalue weighted by atomic mass is 10.1. The van der Waals surface area contributed by atoms with Crippen molar-refractivity contribution in [1.29, 1.82) is 0 Å². The summed E-state index contributed by atoms with van der Waals surface area (Å²) in [7, 11) is -3.71. The van der Waals surface area contributed by atoms with Gasteiger partial charge >= 0.3 is 0 Å². The fourth-order valence-corrected chi connectivity index (χ4v) is 3.06. The topological polar surface area (TPSA) is 63.2 Å². The Kier molecular flexibility index (Phi) is 4.90. The third-order valence-corrected chi connectivity index (χ3v) is 4.50. The van der Waals surface area contributed by atoms with Crippen molar-refractivity contribution < 1.29 is 13.2 Å². The van der Waals surface area contributed by atoms with E-state index >= 15 is 0 Å². The van der Waals surface area contributed by atoms with Crippen molar-refractivity contribution in [2.45, 2.75) is 38.1 Å². The Morgan fingerprint density at radius 1 is 1.33 bits per heavy atom. The largest absolute Gasteiger partial charge is 0.279 e. The van der Waals surface area contributed by atoms with Gasteiger partial charge in [0.2, 0.25) is 15.3 Å². The van der Waals surface area contributed by atoms with Crippen LogP contribution in [0.5, 0.6) is 0 Å². The van der Waals surface area contributed by atoms with Gasteiger partial charge in [-0.3, -0.25) is 4.79 Å². The van der Waals surface area contributed by atoms with Crippen molar-refractivity contribution in [3.8, 4) is 0 Å². The molecule has 0 heterocycles. The Balaban J connectivity index is 3.06. The molecular formula is C12H16ClNO3S. The molecule has 0 bridgehead atoms. The number of halogens is 1. The normalized spacial score (nSPS) is 13.3. The molecule has 6 heteroatoms. The molecule has 0 aliphatic rings. The molecule has 0 aliphatic carbocycles. The lowest BCUT2D eigenvalue weighted by Gasteiger charge is -2.13. The van der Waals surface area contributed by atoms with Crippen molar-refractivity contribution in [2.24, 2.45) is 0 Å². The molecule has 1 unspecified atom stereocenters. The van der Waals surface area contributed by atoms with E-state index in [4.69, 9.17) is 11.6 Å². The van der Waals surface area contributed by atoms with Crippen LogP contribution < -0.4 is 4.72 Å². The second kappa shape index (κ2) is 5.82. The van der Waals surface area contributed by atoms with Gasteiger partial charge in [0.1, 0.15) is 0 Å². The van der Waals surface area contributed by atoms with Gasteiger partial charge in [-0.1, -0.05) is 13.0 Å². The number of carbonyl (C=O) groups excluding carboxylic acids is 1. The predicted molar refractivity (Wildman–Crippen MR) is 71.2 cm³/mol. The zero-order valence-corrected chi connectivity index (χ0v) is 12.1. The number of aryl methyl sites for hydroxylation is 2. The Morgan fingerprint density at radius 2 is 1.94 bits per heavy atom. The number of hydrogen-bond acceptors (Lipinski definition) is 3. The van der Waals surface area contributed by atoms with Crippen LogP contribution in [0.25, 0.3) is 0 Å². The fraction of sp³-hybridized carbons (Fsp3) is 0.417. The predicted octanol–water partition coefficient (Wildman–Crippen LogP) is 2.13. The number of carbonyl (C=O) groups is 1. The van der Waals surface area contributed by atoms with E-state index in [0.717, 1.165) is 11.1 Å². The van der Waals surface area contributed by atoms with E-state index < -0.39 is 21.3 Å². The zero-order chi connectivity index (χ0) is 13.9. The van der Waals surface area contributed by atoms with Gasteiger partial charge in [-0.25, -0.2) is 8.42 Å². The minimum Gasteiger partial charge on any atom is -0.279 e. The first kappa shape index (κ1) is 15.1. The molecule has 1 aromatic rings. The Morgan fingerprint density at radius 3 is 2.39 bits per heavy atom. The van der Waals surface area contributed by atoms with E-state index in [-0.39, 0.29) is 4.90 Å². The molecular weight excluding hydrogens is 274 g/mol. The Hall–Kier alpha value is -0.910. The number of hydrogen-bond donors (Lipinski definition) is 1. The number of benzene rings is 1. The number of nitrogens with one attached hydrogen (secondary N) is 1. The highest BCUT2D eigenvalue weighted by Gasteiger charge is 2.23. The van der Waals surface area contributed by atoms with Gasteiger partial charge in [0, 0.05) is 0 Å². The average Bonchev–Trinajstić information content (AvgIpc) is 2.29. The highest BCUT2D eigenvalue weighted by atomic mass is 35.5. The van der Waals surface area contributed by atoms with Crippen LogP contribution in [-0.2, 0) is 14.8 Å². The van der Waals surface area contributed by atoms with Crippen LogP contribution in [0.4, 0.5) is 0 Å². The standard InChI is InChI=1S/C12H16ClNO3S/c1-4-11(12(13)15)14-18(16,17)10-6-5-8(2)9(3)7-10/h5-7,11,14H,4H2,1-3H3. The molecule has 0 aromatic heterocycles. The fourth-order valence-electron chi connectivity index (χ4n) is 1.43. The first-order valence-corrected chi connectivity index (χ1v) is 7.43. The third kappa shape index (κ3) is 3.54. The first-order chi connectivity index (χ1) is 8.27. The van der Waals surface area contributed by atoms with Crippen molar-refractivity contribution in [3.05, 3.63) is 29.3 Å². The van der Waals surface area contributed by atoms with Crippen LogP contribution in [0.1, 0.15) is 24.5 Å². The zero-order valence-electron chi connectivity index (χ0n) is 10.5. The van der Waals surface area contributed by atoms with E-state index in [2.05, 4.69) is 4.72 Å². The van der Waals surface area contributed by atoms with Gasteiger partial charge in [0.25, 0.3) is 0 Å². The molecule has 0 saturated carbocycles. The average molecular weight is 290 g/mol. The molecule has 1 aromatic carbocycles. The Labute approximate surface area is 112 Å².